The molecule has 9 heteroatoms. The van der Waals surface area contributed by atoms with Gasteiger partial charge in [0.2, 0.25) is 23.0 Å². The molecule has 1 saturated heterocycles. The number of anilines is 1. The van der Waals surface area contributed by atoms with Crippen LogP contribution in [0.5, 0.6) is 17.2 Å². The first kappa shape index (κ1) is 27.3. The molecule has 0 radical (unpaired) electrons. The number of methoxy groups -OCH3 is 3. The van der Waals surface area contributed by atoms with Crippen molar-refractivity contribution in [3.8, 4) is 28.4 Å². The van der Waals surface area contributed by atoms with Gasteiger partial charge in [0.05, 0.1) is 33.1 Å². The second-order valence-corrected chi connectivity index (χ2v) is 9.71. The van der Waals surface area contributed by atoms with E-state index in [1.165, 1.54) is 6.92 Å². The van der Waals surface area contributed by atoms with Gasteiger partial charge in [-0.25, -0.2) is 0 Å². The first-order chi connectivity index (χ1) is 18.4. The summed E-state index contributed by atoms with van der Waals surface area (Å²) >= 11 is 0. The fourth-order valence-electron chi connectivity index (χ4n) is 5.44. The number of nitrogens with one attached hydrogen (secondary N) is 2. The van der Waals surface area contributed by atoms with Crippen molar-refractivity contribution in [3.63, 3.8) is 0 Å². The molecule has 0 aromatic heterocycles. The highest BCUT2D eigenvalue weighted by molar-refractivity contribution is 5.83. The summed E-state index contributed by atoms with van der Waals surface area (Å²) in [5.74, 6) is 1.53. The number of rotatable bonds is 9. The van der Waals surface area contributed by atoms with Gasteiger partial charge in [0.15, 0.2) is 11.5 Å². The highest BCUT2D eigenvalue weighted by Gasteiger charge is 2.29. The van der Waals surface area contributed by atoms with Gasteiger partial charge in [0.25, 0.3) is 0 Å². The number of likely N-dealkylation sites (tertiary alicyclic amines) is 1. The summed E-state index contributed by atoms with van der Waals surface area (Å²) in [5.41, 5.74) is 3.53. The van der Waals surface area contributed by atoms with Gasteiger partial charge in [0.1, 0.15) is 0 Å². The first-order valence-electron chi connectivity index (χ1n) is 13.2. The van der Waals surface area contributed by atoms with E-state index in [0.717, 1.165) is 42.6 Å². The zero-order chi connectivity index (χ0) is 27.2. The zero-order valence-corrected chi connectivity index (χ0v) is 22.6. The quantitative estimate of drug-likeness (QED) is 0.483. The molecule has 1 unspecified atom stereocenters. The average molecular weight is 524 g/mol. The average Bonchev–Trinajstić information content (AvgIpc) is 3.35. The Bertz CT molecular complexity index is 1260. The lowest BCUT2D eigenvalue weighted by atomic mass is 9.95. The summed E-state index contributed by atoms with van der Waals surface area (Å²) in [5, 5.41) is 6.24. The third-order valence-electron chi connectivity index (χ3n) is 7.26. The molecule has 1 aliphatic carbocycles. The number of nitrogens with zero attached hydrogens (tertiary/aromatic N) is 1. The van der Waals surface area contributed by atoms with Crippen molar-refractivity contribution in [2.24, 2.45) is 0 Å². The van der Waals surface area contributed by atoms with Crippen LogP contribution in [0.3, 0.4) is 0 Å². The predicted octanol–water partition coefficient (Wildman–Crippen LogP) is 3.68. The molecule has 1 atom stereocenters. The maximum absolute atomic E-state index is 13.3. The molecule has 0 saturated carbocycles. The minimum Gasteiger partial charge on any atom is -0.493 e. The van der Waals surface area contributed by atoms with Crippen molar-refractivity contribution in [3.05, 3.63) is 45.6 Å². The molecule has 1 fully saturated rings. The third-order valence-corrected chi connectivity index (χ3v) is 7.26. The highest BCUT2D eigenvalue weighted by Crippen LogP contribution is 2.50. The Morgan fingerprint density at radius 2 is 1.76 bits per heavy atom. The number of hydrogen-bond acceptors (Lipinski definition) is 7. The number of aryl methyl sites for hydroxylation is 1. The Balaban J connectivity index is 1.71. The largest absolute Gasteiger partial charge is 0.493 e. The summed E-state index contributed by atoms with van der Waals surface area (Å²) in [6.07, 6.45) is 4.47. The fourth-order valence-corrected chi connectivity index (χ4v) is 5.44. The van der Waals surface area contributed by atoms with E-state index in [1.54, 1.807) is 33.5 Å². The van der Waals surface area contributed by atoms with Crippen LogP contribution in [0.4, 0.5) is 5.69 Å². The van der Waals surface area contributed by atoms with Crippen LogP contribution in [-0.2, 0) is 16.0 Å². The Morgan fingerprint density at radius 3 is 2.42 bits per heavy atom. The molecule has 2 aliphatic rings. The van der Waals surface area contributed by atoms with E-state index in [9.17, 15) is 14.4 Å². The van der Waals surface area contributed by atoms with Gasteiger partial charge in [-0.3, -0.25) is 14.4 Å². The number of carbonyl (C=O) groups excluding carboxylic acids is 2. The molecule has 4 rings (SSSR count). The molecule has 2 amide bonds. The number of ether oxygens (including phenoxy) is 3. The molecule has 2 N–H and O–H groups in total. The van der Waals surface area contributed by atoms with Crippen molar-refractivity contribution < 1.29 is 23.8 Å². The summed E-state index contributed by atoms with van der Waals surface area (Å²) < 4.78 is 17.0. The normalized spacial score (nSPS) is 16.1. The molecule has 1 heterocycles. The Hall–Kier alpha value is -3.75. The van der Waals surface area contributed by atoms with Gasteiger partial charge in [-0.05, 0) is 67.0 Å². The molecule has 1 aliphatic heterocycles. The monoisotopic (exact) mass is 523 g/mol. The Morgan fingerprint density at radius 1 is 1.03 bits per heavy atom. The van der Waals surface area contributed by atoms with Crippen molar-refractivity contribution in [1.29, 1.82) is 0 Å². The lowest BCUT2D eigenvalue weighted by molar-refractivity contribution is -0.130. The number of hydrogen-bond donors (Lipinski definition) is 2. The molecular formula is C29H37N3O6. The molecule has 2 aromatic carbocycles. The SMILES string of the molecule is COc1cc2c(c(OC)c1OC)-c1ccc(NCCCC(=O)N3CCCC3)c(=O)cc1C(NC(C)=O)CC2. The first-order valence-corrected chi connectivity index (χ1v) is 13.2. The minimum atomic E-state index is -0.359. The van der Waals surface area contributed by atoms with Crippen LogP contribution in [0.2, 0.25) is 0 Å². The van der Waals surface area contributed by atoms with Gasteiger partial charge in [-0.1, -0.05) is 6.07 Å². The van der Waals surface area contributed by atoms with Crippen molar-refractivity contribution in [2.45, 2.75) is 51.5 Å². The van der Waals surface area contributed by atoms with Crippen LogP contribution >= 0.6 is 0 Å². The fraction of sp³-hybridized carbons (Fsp3) is 0.483. The lowest BCUT2D eigenvalue weighted by Crippen LogP contribution is -2.27. The van der Waals surface area contributed by atoms with E-state index in [0.29, 0.717) is 60.7 Å². The summed E-state index contributed by atoms with van der Waals surface area (Å²) in [4.78, 5) is 39.7. The van der Waals surface area contributed by atoms with E-state index in [2.05, 4.69) is 10.6 Å². The van der Waals surface area contributed by atoms with Crippen LogP contribution in [0.15, 0.2) is 29.1 Å². The second kappa shape index (κ2) is 12.2. The van der Waals surface area contributed by atoms with Gasteiger partial charge >= 0.3 is 0 Å². The molecular weight excluding hydrogens is 486 g/mol. The van der Waals surface area contributed by atoms with E-state index < -0.39 is 0 Å². The highest BCUT2D eigenvalue weighted by atomic mass is 16.5. The van der Waals surface area contributed by atoms with Gasteiger partial charge in [-0.2, -0.15) is 0 Å². The second-order valence-electron chi connectivity index (χ2n) is 9.71. The Labute approximate surface area is 223 Å². The van der Waals surface area contributed by atoms with Crippen LogP contribution in [0.1, 0.15) is 56.2 Å². The smallest absolute Gasteiger partial charge is 0.222 e. The number of fused-ring (bicyclic) bond motifs is 3. The molecule has 9 nitrogen and oxygen atoms in total. The predicted molar refractivity (Wildman–Crippen MR) is 146 cm³/mol. The van der Waals surface area contributed by atoms with Gasteiger partial charge in [0, 0.05) is 38.5 Å². The summed E-state index contributed by atoms with van der Waals surface area (Å²) in [7, 11) is 4.71. The molecule has 2 aromatic rings. The lowest BCUT2D eigenvalue weighted by Gasteiger charge is -2.19. The summed E-state index contributed by atoms with van der Waals surface area (Å²) in [6.45, 7) is 3.66. The van der Waals surface area contributed by atoms with Crippen molar-refractivity contribution in [1.82, 2.24) is 10.2 Å². The molecule has 204 valence electrons. The van der Waals surface area contributed by atoms with E-state index in [-0.39, 0.29) is 23.3 Å². The number of carbonyl (C=O) groups is 2. The van der Waals surface area contributed by atoms with E-state index >= 15 is 0 Å². The van der Waals surface area contributed by atoms with E-state index in [1.807, 2.05) is 17.0 Å². The van der Waals surface area contributed by atoms with Crippen LogP contribution in [0.25, 0.3) is 11.1 Å². The maximum Gasteiger partial charge on any atom is 0.222 e. The topological polar surface area (TPSA) is 106 Å². The van der Waals surface area contributed by atoms with Crippen LogP contribution in [-0.4, -0.2) is 57.7 Å². The van der Waals surface area contributed by atoms with Gasteiger partial charge in [-0.15, -0.1) is 0 Å². The van der Waals surface area contributed by atoms with Crippen LogP contribution in [0, 0.1) is 0 Å². The minimum absolute atomic E-state index is 0.170. The van der Waals surface area contributed by atoms with Gasteiger partial charge < -0.3 is 29.7 Å². The summed E-state index contributed by atoms with van der Waals surface area (Å²) in [6, 6.07) is 6.82. The van der Waals surface area contributed by atoms with Crippen molar-refractivity contribution >= 4 is 17.5 Å². The standard InChI is InChI=1S/C29H37N3O6/c1-18(33)31-22-11-9-19-16-25(36-2)28(37-3)29(38-4)27(19)20-10-12-23(24(34)17-21(20)22)30-13-7-8-26(35)32-14-5-6-15-32/h10,12,16-17,22H,5-9,11,13-15H2,1-4H3,(H,30,34)(H,31,33). The maximum atomic E-state index is 13.3. The van der Waals surface area contributed by atoms with E-state index in [4.69, 9.17) is 14.2 Å². The molecule has 38 heavy (non-hydrogen) atoms. The molecule has 0 spiro atoms. The Kier molecular flexibility index (Phi) is 8.76. The number of benzene rings is 1. The molecule has 0 bridgehead atoms. The van der Waals surface area contributed by atoms with Crippen molar-refractivity contribution in [2.75, 3.05) is 46.3 Å². The zero-order valence-electron chi connectivity index (χ0n) is 22.6. The van der Waals surface area contributed by atoms with Crippen LogP contribution < -0.4 is 30.3 Å². The number of amides is 2. The third kappa shape index (κ3) is 5.71.